The predicted octanol–water partition coefficient (Wildman–Crippen LogP) is 6.81. The quantitative estimate of drug-likeness (QED) is 0.328. The minimum atomic E-state index is -5.08. The van der Waals surface area contributed by atoms with Crippen LogP contribution in [0.15, 0.2) is 54.6 Å². The maximum atomic E-state index is 15.2. The number of alkyl halides is 3. The predicted molar refractivity (Wildman–Crippen MR) is 169 cm³/mol. The highest BCUT2D eigenvalue weighted by molar-refractivity contribution is 5.97. The third-order valence-corrected chi connectivity index (χ3v) is 11.1. The van der Waals surface area contributed by atoms with Gasteiger partial charge in [-0.15, -0.1) is 0 Å². The molecule has 1 spiro atoms. The minimum Gasteiger partial charge on any atom is -0.339 e. The summed E-state index contributed by atoms with van der Waals surface area (Å²) in [4.78, 5) is 45.3. The van der Waals surface area contributed by atoms with Crippen molar-refractivity contribution in [3.63, 3.8) is 0 Å². The van der Waals surface area contributed by atoms with E-state index in [0.29, 0.717) is 37.5 Å². The molecule has 1 saturated carbocycles. The molecule has 1 aliphatic carbocycles. The Labute approximate surface area is 277 Å². The van der Waals surface area contributed by atoms with Crippen LogP contribution in [0.25, 0.3) is 5.57 Å². The monoisotopic (exact) mass is 672 g/mol. The van der Waals surface area contributed by atoms with Gasteiger partial charge in [-0.1, -0.05) is 43.2 Å². The fraction of sp³-hybridized carbons (Fsp3) is 0.528. The van der Waals surface area contributed by atoms with Crippen LogP contribution in [0, 0.1) is 23.0 Å². The smallest absolute Gasteiger partial charge is 0.339 e. The molecule has 0 bridgehead atoms. The van der Waals surface area contributed by atoms with Crippen molar-refractivity contribution >= 4 is 23.4 Å². The van der Waals surface area contributed by atoms with E-state index in [4.69, 9.17) is 0 Å². The maximum absolute atomic E-state index is 15.2. The lowest BCUT2D eigenvalue weighted by molar-refractivity contribution is -0.187. The summed E-state index contributed by atoms with van der Waals surface area (Å²) >= 11 is 0. The second kappa shape index (κ2) is 13.5. The lowest BCUT2D eigenvalue weighted by Crippen LogP contribution is -2.58. The zero-order valence-electron chi connectivity index (χ0n) is 27.0. The van der Waals surface area contributed by atoms with Crippen LogP contribution in [-0.2, 0) is 9.59 Å². The summed E-state index contributed by atoms with van der Waals surface area (Å²) < 4.78 is 69.4. The Hall–Kier alpha value is -3.96. The van der Waals surface area contributed by atoms with Gasteiger partial charge in [0.05, 0.1) is 6.04 Å². The Bertz CT molecular complexity index is 1560. The summed E-state index contributed by atoms with van der Waals surface area (Å²) in [5.74, 6) is -3.35. The van der Waals surface area contributed by atoms with Gasteiger partial charge in [-0.05, 0) is 79.2 Å². The molecular formula is C36H41F5N4O3. The molecule has 7 nitrogen and oxygen atoms in total. The summed E-state index contributed by atoms with van der Waals surface area (Å²) in [6, 6.07) is 10.4. The van der Waals surface area contributed by atoms with E-state index in [1.54, 1.807) is 11.0 Å². The minimum absolute atomic E-state index is 0.0106. The standard InChI is InChI=1S/C36H41F5N4O3/c1-42(33(47)36(39,40)41)28-13-18-45(31(21-28)29-20-27(37)9-10-30(29)38)34(48)44-17-12-26(35(23-44)14-5-6-15-35)22-43-16-11-25(19-32(43)46)24-7-3-2-4-8-24/h2-4,7-10,19-20,26,28,31H,5-6,11-18,21-23H2,1H3/t26-,28+,31-/m0/s1. The molecule has 0 radical (unpaired) electrons. The molecule has 2 aromatic rings. The Kier molecular flexibility index (Phi) is 9.55. The molecule has 258 valence electrons. The number of carbonyl (C=O) groups is 3. The molecule has 2 aromatic carbocycles. The number of carbonyl (C=O) groups excluding carboxylic acids is 3. The first kappa shape index (κ1) is 33.9. The summed E-state index contributed by atoms with van der Waals surface area (Å²) in [6.45, 7) is 2.06. The van der Waals surface area contributed by atoms with Gasteiger partial charge in [-0.2, -0.15) is 13.2 Å². The number of halogens is 5. The topological polar surface area (TPSA) is 64.2 Å². The number of benzene rings is 2. The van der Waals surface area contributed by atoms with Gasteiger partial charge in [0.15, 0.2) is 0 Å². The highest BCUT2D eigenvalue weighted by Gasteiger charge is 2.50. The molecule has 48 heavy (non-hydrogen) atoms. The largest absolute Gasteiger partial charge is 0.471 e. The molecule has 0 N–H and O–H groups in total. The van der Waals surface area contributed by atoms with Crippen molar-refractivity contribution in [1.82, 2.24) is 19.6 Å². The van der Waals surface area contributed by atoms with Crippen LogP contribution in [0.5, 0.6) is 0 Å². The Morgan fingerprint density at radius 1 is 0.979 bits per heavy atom. The highest BCUT2D eigenvalue weighted by atomic mass is 19.4. The average molecular weight is 673 g/mol. The van der Waals surface area contributed by atoms with E-state index in [-0.39, 0.29) is 48.2 Å². The van der Waals surface area contributed by atoms with Crippen LogP contribution >= 0.6 is 0 Å². The van der Waals surface area contributed by atoms with Crippen molar-refractivity contribution < 1.29 is 36.3 Å². The van der Waals surface area contributed by atoms with Crippen molar-refractivity contribution in [3.05, 3.63) is 77.4 Å². The van der Waals surface area contributed by atoms with Gasteiger partial charge >= 0.3 is 18.1 Å². The lowest BCUT2D eigenvalue weighted by atomic mass is 9.69. The first-order valence-electron chi connectivity index (χ1n) is 16.8. The first-order valence-corrected chi connectivity index (χ1v) is 16.8. The molecule has 0 unspecified atom stereocenters. The number of hydrogen-bond donors (Lipinski definition) is 0. The Morgan fingerprint density at radius 3 is 2.40 bits per heavy atom. The number of rotatable bonds is 5. The van der Waals surface area contributed by atoms with Crippen LogP contribution < -0.4 is 0 Å². The van der Waals surface area contributed by atoms with E-state index in [1.165, 1.54) is 4.90 Å². The lowest BCUT2D eigenvalue weighted by Gasteiger charge is -2.50. The van der Waals surface area contributed by atoms with Crippen LogP contribution in [0.3, 0.4) is 0 Å². The van der Waals surface area contributed by atoms with Crippen molar-refractivity contribution in [3.8, 4) is 0 Å². The third-order valence-electron chi connectivity index (χ3n) is 11.1. The third kappa shape index (κ3) is 6.80. The van der Waals surface area contributed by atoms with Crippen molar-refractivity contribution in [2.24, 2.45) is 11.3 Å². The SMILES string of the molecule is CN(C(=O)C(F)(F)F)[C@@H]1CCN(C(=O)N2CC[C@@H](CN3CCC(c4ccccc4)=CC3=O)C3(CCCC3)C2)[C@H](c2cc(F)ccc2F)C1. The van der Waals surface area contributed by atoms with E-state index < -0.39 is 35.8 Å². The van der Waals surface area contributed by atoms with Gasteiger partial charge in [-0.3, -0.25) is 9.59 Å². The van der Waals surface area contributed by atoms with Gasteiger partial charge in [0.2, 0.25) is 5.91 Å². The van der Waals surface area contributed by atoms with E-state index >= 15 is 4.39 Å². The van der Waals surface area contributed by atoms with E-state index in [2.05, 4.69) is 0 Å². The molecule has 0 aromatic heterocycles. The fourth-order valence-electron chi connectivity index (χ4n) is 8.44. The molecule has 2 saturated heterocycles. The van der Waals surface area contributed by atoms with Gasteiger partial charge in [0, 0.05) is 57.5 Å². The van der Waals surface area contributed by atoms with E-state index in [9.17, 15) is 31.9 Å². The highest BCUT2D eigenvalue weighted by Crippen LogP contribution is 2.50. The molecule has 3 heterocycles. The van der Waals surface area contributed by atoms with E-state index in [0.717, 1.165) is 68.5 Å². The summed E-state index contributed by atoms with van der Waals surface area (Å²) in [7, 11) is 1.05. The normalized spacial score (nSPS) is 24.5. The summed E-state index contributed by atoms with van der Waals surface area (Å²) in [5.41, 5.74) is 1.74. The molecular weight excluding hydrogens is 631 g/mol. The molecule has 3 atom stereocenters. The fourth-order valence-corrected chi connectivity index (χ4v) is 8.44. The van der Waals surface area contributed by atoms with Crippen LogP contribution in [0.4, 0.5) is 26.7 Å². The van der Waals surface area contributed by atoms with Gasteiger partial charge < -0.3 is 19.6 Å². The molecule has 4 aliphatic rings. The zero-order chi connectivity index (χ0) is 34.2. The molecule has 3 aliphatic heterocycles. The second-order valence-corrected chi connectivity index (χ2v) is 13.8. The van der Waals surface area contributed by atoms with Crippen LogP contribution in [0.1, 0.15) is 68.5 Å². The second-order valence-electron chi connectivity index (χ2n) is 13.8. The first-order chi connectivity index (χ1) is 22.9. The maximum Gasteiger partial charge on any atom is 0.471 e. The van der Waals surface area contributed by atoms with Crippen LogP contribution in [-0.4, -0.2) is 89.4 Å². The van der Waals surface area contributed by atoms with Gasteiger partial charge in [0.1, 0.15) is 11.6 Å². The molecule has 3 fully saturated rings. The molecule has 4 amide bonds. The average Bonchev–Trinajstić information content (AvgIpc) is 3.54. The number of amides is 4. The number of likely N-dealkylation sites (tertiary alicyclic amines) is 2. The summed E-state index contributed by atoms with van der Waals surface area (Å²) in [6.07, 6.45) is 1.80. The number of piperidine rings is 2. The summed E-state index contributed by atoms with van der Waals surface area (Å²) in [5, 5.41) is 0. The number of nitrogens with zero attached hydrogens (tertiary/aromatic N) is 4. The molecule has 6 rings (SSSR count). The van der Waals surface area contributed by atoms with Crippen molar-refractivity contribution in [2.75, 3.05) is 39.8 Å². The van der Waals surface area contributed by atoms with Crippen molar-refractivity contribution in [1.29, 1.82) is 0 Å². The Balaban J connectivity index is 1.19. The van der Waals surface area contributed by atoms with Crippen molar-refractivity contribution in [2.45, 2.75) is 69.6 Å². The molecule has 12 heteroatoms. The van der Waals surface area contributed by atoms with E-state index in [1.807, 2.05) is 35.2 Å². The Morgan fingerprint density at radius 2 is 1.71 bits per heavy atom. The number of hydrogen-bond acceptors (Lipinski definition) is 3. The van der Waals surface area contributed by atoms with Crippen LogP contribution in [0.2, 0.25) is 0 Å². The van der Waals surface area contributed by atoms with Gasteiger partial charge in [-0.25, -0.2) is 13.6 Å². The zero-order valence-corrected chi connectivity index (χ0v) is 27.0. The number of urea groups is 1. The van der Waals surface area contributed by atoms with Gasteiger partial charge in [0.25, 0.3) is 0 Å².